The first-order valence-electron chi connectivity index (χ1n) is 10.4. The van der Waals surface area contributed by atoms with Gasteiger partial charge in [0.25, 0.3) is 5.91 Å². The summed E-state index contributed by atoms with van der Waals surface area (Å²) >= 11 is 0. The minimum atomic E-state index is -0.488. The van der Waals surface area contributed by atoms with Crippen LogP contribution in [0.25, 0.3) is 10.9 Å². The van der Waals surface area contributed by atoms with Gasteiger partial charge in [-0.25, -0.2) is 4.79 Å². The topological polar surface area (TPSA) is 68.3 Å². The monoisotopic (exact) mass is 404 g/mol. The second kappa shape index (κ2) is 9.53. The van der Waals surface area contributed by atoms with Crippen molar-refractivity contribution in [1.29, 1.82) is 0 Å². The fourth-order valence-corrected chi connectivity index (χ4v) is 3.81. The summed E-state index contributed by atoms with van der Waals surface area (Å²) in [5.74, 6) is -0.850. The molecule has 3 aromatic rings. The van der Waals surface area contributed by atoms with E-state index in [1.54, 1.807) is 0 Å². The van der Waals surface area contributed by atoms with Crippen LogP contribution in [0.15, 0.2) is 42.5 Å². The Labute approximate surface area is 177 Å². The first-order valence-corrected chi connectivity index (χ1v) is 10.4. The van der Waals surface area contributed by atoms with E-state index in [1.807, 2.05) is 63.2 Å². The van der Waals surface area contributed by atoms with Crippen molar-refractivity contribution in [3.8, 4) is 0 Å². The molecule has 1 N–H and O–H groups in total. The predicted molar refractivity (Wildman–Crippen MR) is 120 cm³/mol. The number of aryl methyl sites for hydroxylation is 3. The van der Waals surface area contributed by atoms with Crippen LogP contribution in [0.5, 0.6) is 0 Å². The van der Waals surface area contributed by atoms with Gasteiger partial charge in [-0.3, -0.25) is 9.78 Å². The van der Waals surface area contributed by atoms with Gasteiger partial charge in [0, 0.05) is 16.8 Å². The molecule has 3 rings (SSSR count). The lowest BCUT2D eigenvalue weighted by Crippen LogP contribution is -2.22. The molecule has 30 heavy (non-hydrogen) atoms. The Bertz CT molecular complexity index is 1070. The number of hydrogen-bond acceptors (Lipinski definition) is 4. The largest absolute Gasteiger partial charge is 0.452 e. The normalized spacial score (nSPS) is 10.8. The minimum absolute atomic E-state index is 0.339. The highest BCUT2D eigenvalue weighted by atomic mass is 16.5. The Morgan fingerprint density at radius 2 is 1.73 bits per heavy atom. The molecular weight excluding hydrogens is 376 g/mol. The summed E-state index contributed by atoms with van der Waals surface area (Å²) in [7, 11) is 0. The van der Waals surface area contributed by atoms with Gasteiger partial charge in [-0.1, -0.05) is 44.5 Å². The quantitative estimate of drug-likeness (QED) is 0.552. The highest BCUT2D eigenvalue weighted by molar-refractivity contribution is 6.06. The molecule has 0 bridgehead atoms. The lowest BCUT2D eigenvalue weighted by molar-refractivity contribution is -0.119. The van der Waals surface area contributed by atoms with Crippen LogP contribution < -0.4 is 5.32 Å². The number of aromatic nitrogens is 1. The van der Waals surface area contributed by atoms with Crippen molar-refractivity contribution < 1.29 is 14.3 Å². The maximum atomic E-state index is 13.0. The number of pyridine rings is 1. The van der Waals surface area contributed by atoms with Crippen LogP contribution in [0.4, 0.5) is 5.69 Å². The number of fused-ring (bicyclic) bond motifs is 1. The molecule has 0 aliphatic heterocycles. The summed E-state index contributed by atoms with van der Waals surface area (Å²) in [4.78, 5) is 30.1. The molecule has 1 aromatic heterocycles. The minimum Gasteiger partial charge on any atom is -0.452 e. The third-order valence-electron chi connectivity index (χ3n) is 4.96. The number of amides is 1. The molecule has 0 saturated heterocycles. The van der Waals surface area contributed by atoms with Crippen molar-refractivity contribution in [2.75, 3.05) is 11.9 Å². The fraction of sp³-hybridized carbons (Fsp3) is 0.320. The molecular formula is C25H28N2O3. The van der Waals surface area contributed by atoms with E-state index in [0.717, 1.165) is 46.1 Å². The van der Waals surface area contributed by atoms with Gasteiger partial charge in [0.15, 0.2) is 6.61 Å². The van der Waals surface area contributed by atoms with E-state index in [2.05, 4.69) is 12.2 Å². The van der Waals surface area contributed by atoms with E-state index in [0.29, 0.717) is 17.7 Å². The molecule has 0 fully saturated rings. The highest BCUT2D eigenvalue weighted by Gasteiger charge is 2.21. The highest BCUT2D eigenvalue weighted by Crippen LogP contribution is 2.26. The van der Waals surface area contributed by atoms with E-state index < -0.39 is 5.97 Å². The molecule has 0 radical (unpaired) electrons. The first kappa shape index (κ1) is 21.5. The van der Waals surface area contributed by atoms with Gasteiger partial charge in [-0.15, -0.1) is 0 Å². The van der Waals surface area contributed by atoms with Crippen molar-refractivity contribution in [1.82, 2.24) is 4.98 Å². The van der Waals surface area contributed by atoms with Crippen LogP contribution in [0, 0.1) is 13.8 Å². The molecule has 1 heterocycles. The van der Waals surface area contributed by atoms with Crippen LogP contribution in [0.3, 0.4) is 0 Å². The zero-order valence-corrected chi connectivity index (χ0v) is 18.0. The van der Waals surface area contributed by atoms with Gasteiger partial charge in [0.2, 0.25) is 0 Å². The van der Waals surface area contributed by atoms with Crippen LogP contribution in [0.2, 0.25) is 0 Å². The summed E-state index contributed by atoms with van der Waals surface area (Å²) in [5, 5.41) is 3.56. The Kier molecular flexibility index (Phi) is 6.83. The zero-order valence-electron chi connectivity index (χ0n) is 18.0. The van der Waals surface area contributed by atoms with Gasteiger partial charge >= 0.3 is 5.97 Å². The molecule has 0 saturated carbocycles. The van der Waals surface area contributed by atoms with Gasteiger partial charge in [-0.05, 0) is 61.6 Å². The molecule has 0 aliphatic carbocycles. The summed E-state index contributed by atoms with van der Waals surface area (Å²) < 4.78 is 5.43. The summed E-state index contributed by atoms with van der Waals surface area (Å²) in [5.41, 5.74) is 5.92. The molecule has 5 heteroatoms. The summed E-state index contributed by atoms with van der Waals surface area (Å²) in [6, 6.07) is 13.4. The Morgan fingerprint density at radius 1 is 1.03 bits per heavy atom. The second-order valence-electron chi connectivity index (χ2n) is 7.53. The molecule has 0 spiro atoms. The summed E-state index contributed by atoms with van der Waals surface area (Å²) in [6.45, 7) is 7.70. The van der Waals surface area contributed by atoms with Gasteiger partial charge in [0.1, 0.15) is 0 Å². The van der Waals surface area contributed by atoms with Crippen LogP contribution in [0.1, 0.15) is 53.0 Å². The SMILES string of the molecule is CCCc1nc2ccccc2c(C(=O)OCC(=O)Nc2cc(C)cc(C)c2)c1CC. The zero-order chi connectivity index (χ0) is 21.7. The number of para-hydroxylation sites is 1. The lowest BCUT2D eigenvalue weighted by atomic mass is 9.96. The number of anilines is 1. The second-order valence-corrected chi connectivity index (χ2v) is 7.53. The van der Waals surface area contributed by atoms with E-state index in [-0.39, 0.29) is 12.5 Å². The number of ether oxygens (including phenoxy) is 1. The number of rotatable bonds is 7. The van der Waals surface area contributed by atoms with E-state index in [9.17, 15) is 9.59 Å². The van der Waals surface area contributed by atoms with E-state index >= 15 is 0 Å². The molecule has 1 amide bonds. The number of benzene rings is 2. The van der Waals surface area contributed by atoms with Crippen molar-refractivity contribution in [2.24, 2.45) is 0 Å². The van der Waals surface area contributed by atoms with Crippen LogP contribution >= 0.6 is 0 Å². The Balaban J connectivity index is 1.83. The number of esters is 1. The summed E-state index contributed by atoms with van der Waals surface area (Å²) in [6.07, 6.45) is 2.40. The third-order valence-corrected chi connectivity index (χ3v) is 4.96. The van der Waals surface area contributed by atoms with E-state index in [1.165, 1.54) is 0 Å². The molecule has 0 unspecified atom stereocenters. The Morgan fingerprint density at radius 3 is 2.40 bits per heavy atom. The predicted octanol–water partition coefficient (Wildman–Crippen LogP) is 5.16. The number of carbonyl (C=O) groups is 2. The number of nitrogens with one attached hydrogen (secondary N) is 1. The van der Waals surface area contributed by atoms with E-state index in [4.69, 9.17) is 9.72 Å². The first-order chi connectivity index (χ1) is 14.4. The molecule has 0 aliphatic rings. The van der Waals surface area contributed by atoms with Crippen LogP contribution in [-0.4, -0.2) is 23.5 Å². The van der Waals surface area contributed by atoms with Gasteiger partial charge in [-0.2, -0.15) is 0 Å². The van der Waals surface area contributed by atoms with Crippen molar-refractivity contribution in [3.05, 3.63) is 70.4 Å². The molecule has 0 atom stereocenters. The third kappa shape index (κ3) is 4.85. The molecule has 5 nitrogen and oxygen atoms in total. The Hall–Kier alpha value is -3.21. The fourth-order valence-electron chi connectivity index (χ4n) is 3.81. The van der Waals surface area contributed by atoms with Gasteiger partial charge < -0.3 is 10.1 Å². The van der Waals surface area contributed by atoms with Crippen molar-refractivity contribution in [3.63, 3.8) is 0 Å². The van der Waals surface area contributed by atoms with Gasteiger partial charge in [0.05, 0.1) is 11.1 Å². The van der Waals surface area contributed by atoms with Crippen molar-refractivity contribution >= 4 is 28.5 Å². The number of nitrogens with zero attached hydrogens (tertiary/aromatic N) is 1. The maximum absolute atomic E-state index is 13.0. The van der Waals surface area contributed by atoms with Crippen molar-refractivity contribution in [2.45, 2.75) is 47.0 Å². The number of hydrogen-bond donors (Lipinski definition) is 1. The maximum Gasteiger partial charge on any atom is 0.339 e. The van der Waals surface area contributed by atoms with Crippen LogP contribution in [-0.2, 0) is 22.4 Å². The smallest absolute Gasteiger partial charge is 0.339 e. The molecule has 156 valence electrons. The lowest BCUT2D eigenvalue weighted by Gasteiger charge is -2.15. The molecule has 2 aromatic carbocycles. The standard InChI is InChI=1S/C25H28N2O3/c1-5-9-21-19(6-2)24(20-10-7-8-11-22(20)27-21)25(29)30-15-23(28)26-18-13-16(3)12-17(4)14-18/h7-8,10-14H,5-6,9,15H2,1-4H3,(H,26,28). The average molecular weight is 405 g/mol. The number of carbonyl (C=O) groups excluding carboxylic acids is 2. The average Bonchev–Trinajstić information content (AvgIpc) is 2.70.